The van der Waals surface area contributed by atoms with Crippen molar-refractivity contribution in [1.29, 1.82) is 0 Å². The van der Waals surface area contributed by atoms with Gasteiger partial charge in [-0.1, -0.05) is 27.5 Å². The third-order valence-electron chi connectivity index (χ3n) is 2.28. The van der Waals surface area contributed by atoms with Crippen LogP contribution in [0.5, 0.6) is 0 Å². The number of nitrogens with two attached hydrogens (primary N) is 1. The van der Waals surface area contributed by atoms with Crippen LogP contribution in [0, 0.1) is 0 Å². The Balaban J connectivity index is 2.46. The van der Waals surface area contributed by atoms with Gasteiger partial charge in [0.25, 0.3) is 10.0 Å². The van der Waals surface area contributed by atoms with Crippen LogP contribution in [0.2, 0.25) is 5.15 Å². The van der Waals surface area contributed by atoms with Crippen LogP contribution in [0.3, 0.4) is 0 Å². The molecule has 106 valence electrons. The van der Waals surface area contributed by atoms with Crippen molar-refractivity contribution in [3.8, 4) is 0 Å². The number of benzene rings is 1. The fraction of sp³-hybridized carbons (Fsp3) is 0. The summed E-state index contributed by atoms with van der Waals surface area (Å²) in [5.74, 6) is 0. The van der Waals surface area contributed by atoms with Gasteiger partial charge in [-0.3, -0.25) is 4.72 Å². The third-order valence-corrected chi connectivity index (χ3v) is 5.33. The van der Waals surface area contributed by atoms with E-state index in [0.29, 0.717) is 14.6 Å². The van der Waals surface area contributed by atoms with Crippen LogP contribution in [0.1, 0.15) is 0 Å². The molecule has 0 atom stereocenters. The first kappa shape index (κ1) is 15.6. The highest BCUT2D eigenvalue weighted by molar-refractivity contribution is 9.11. The normalized spacial score (nSPS) is 11.3. The molecule has 0 radical (unpaired) electrons. The highest BCUT2D eigenvalue weighted by Gasteiger charge is 2.22. The first-order chi connectivity index (χ1) is 9.29. The van der Waals surface area contributed by atoms with Crippen LogP contribution in [-0.2, 0) is 10.0 Å². The van der Waals surface area contributed by atoms with Crippen molar-refractivity contribution in [2.75, 3.05) is 10.5 Å². The molecular weight excluding hydrogens is 433 g/mol. The second kappa shape index (κ2) is 5.88. The standard InChI is InChI=1S/C11H8Br2ClN3O2S/c12-6-3-8(13)11(9(15)4-6)20(18,19)17-7-1-2-16-10(14)5-7/h1-5H,15H2,(H,16,17). The monoisotopic (exact) mass is 439 g/mol. The lowest BCUT2D eigenvalue weighted by atomic mass is 10.3. The molecule has 0 amide bonds. The highest BCUT2D eigenvalue weighted by atomic mass is 79.9. The Bertz CT molecular complexity index is 745. The molecule has 0 aliphatic rings. The van der Waals surface area contributed by atoms with Crippen LogP contribution in [0.15, 0.2) is 44.3 Å². The summed E-state index contributed by atoms with van der Waals surface area (Å²) >= 11 is 12.2. The molecular formula is C11H8Br2ClN3O2S. The Labute approximate surface area is 137 Å². The number of rotatable bonds is 3. The van der Waals surface area contributed by atoms with Gasteiger partial charge in [0.1, 0.15) is 10.0 Å². The van der Waals surface area contributed by atoms with Crippen LogP contribution in [0.4, 0.5) is 11.4 Å². The zero-order chi connectivity index (χ0) is 14.9. The molecule has 5 nitrogen and oxygen atoms in total. The van der Waals surface area contributed by atoms with Crippen molar-refractivity contribution in [3.63, 3.8) is 0 Å². The molecule has 3 N–H and O–H groups in total. The van der Waals surface area contributed by atoms with Gasteiger partial charge >= 0.3 is 0 Å². The number of hydrogen-bond donors (Lipinski definition) is 2. The maximum absolute atomic E-state index is 12.4. The Kier molecular flexibility index (Phi) is 4.58. The van der Waals surface area contributed by atoms with Gasteiger partial charge in [0, 0.05) is 15.1 Å². The van der Waals surface area contributed by atoms with Crippen molar-refractivity contribution < 1.29 is 8.42 Å². The van der Waals surface area contributed by atoms with E-state index in [1.165, 1.54) is 24.4 Å². The first-order valence-corrected chi connectivity index (χ1v) is 8.63. The lowest BCUT2D eigenvalue weighted by Gasteiger charge is -2.12. The number of anilines is 2. The van der Waals surface area contributed by atoms with Gasteiger partial charge in [-0.05, 0) is 40.2 Å². The fourth-order valence-electron chi connectivity index (χ4n) is 1.54. The molecule has 2 rings (SSSR count). The number of nitrogens with zero attached hydrogens (tertiary/aromatic N) is 1. The average Bonchev–Trinajstić information content (AvgIpc) is 2.25. The van der Waals surface area contributed by atoms with Crippen LogP contribution >= 0.6 is 43.5 Å². The Hall–Kier alpha value is -0.830. The van der Waals surface area contributed by atoms with E-state index in [4.69, 9.17) is 17.3 Å². The van der Waals surface area contributed by atoms with Gasteiger partial charge in [0.15, 0.2) is 0 Å². The summed E-state index contributed by atoms with van der Waals surface area (Å²) in [5.41, 5.74) is 6.20. The zero-order valence-electron chi connectivity index (χ0n) is 9.77. The van der Waals surface area contributed by atoms with E-state index in [-0.39, 0.29) is 15.7 Å². The van der Waals surface area contributed by atoms with Crippen molar-refractivity contribution >= 4 is 64.9 Å². The number of aromatic nitrogens is 1. The van der Waals surface area contributed by atoms with E-state index >= 15 is 0 Å². The van der Waals surface area contributed by atoms with Crippen molar-refractivity contribution in [3.05, 3.63) is 44.6 Å². The van der Waals surface area contributed by atoms with E-state index in [1.54, 1.807) is 6.07 Å². The molecule has 0 bridgehead atoms. The zero-order valence-corrected chi connectivity index (χ0v) is 14.5. The molecule has 0 saturated carbocycles. The summed E-state index contributed by atoms with van der Waals surface area (Å²) in [7, 11) is -3.84. The molecule has 0 unspecified atom stereocenters. The number of halogens is 3. The molecule has 9 heteroatoms. The maximum atomic E-state index is 12.4. The predicted octanol–water partition coefficient (Wildman–Crippen LogP) is 3.64. The van der Waals surface area contributed by atoms with Crippen LogP contribution in [0.25, 0.3) is 0 Å². The Morgan fingerprint density at radius 1 is 1.25 bits per heavy atom. The number of sulfonamides is 1. The molecule has 2 aromatic rings. The topological polar surface area (TPSA) is 85.1 Å². The molecule has 1 aromatic carbocycles. The van der Waals surface area contributed by atoms with E-state index in [1.807, 2.05) is 0 Å². The minimum Gasteiger partial charge on any atom is -0.398 e. The lowest BCUT2D eigenvalue weighted by Crippen LogP contribution is -2.15. The summed E-state index contributed by atoms with van der Waals surface area (Å²) in [4.78, 5) is 3.75. The second-order valence-corrected chi connectivity index (χ2v) is 7.56. The van der Waals surface area contributed by atoms with Crippen LogP contribution in [-0.4, -0.2) is 13.4 Å². The van der Waals surface area contributed by atoms with Gasteiger partial charge < -0.3 is 5.73 Å². The summed E-state index contributed by atoms with van der Waals surface area (Å²) in [6.07, 6.45) is 1.40. The maximum Gasteiger partial charge on any atom is 0.265 e. The Morgan fingerprint density at radius 3 is 2.55 bits per heavy atom. The molecule has 20 heavy (non-hydrogen) atoms. The summed E-state index contributed by atoms with van der Waals surface area (Å²) in [6, 6.07) is 6.01. The highest BCUT2D eigenvalue weighted by Crippen LogP contribution is 2.32. The van der Waals surface area contributed by atoms with Crippen molar-refractivity contribution in [2.45, 2.75) is 4.90 Å². The lowest BCUT2D eigenvalue weighted by molar-refractivity contribution is 0.601. The molecule has 0 spiro atoms. The minimum atomic E-state index is -3.84. The van der Waals surface area contributed by atoms with Gasteiger partial charge in [-0.25, -0.2) is 13.4 Å². The number of nitrogen functional groups attached to an aromatic ring is 1. The largest absolute Gasteiger partial charge is 0.398 e. The predicted molar refractivity (Wildman–Crippen MR) is 86.3 cm³/mol. The average molecular weight is 442 g/mol. The number of nitrogens with one attached hydrogen (secondary N) is 1. The number of pyridine rings is 1. The third kappa shape index (κ3) is 3.43. The van der Waals surface area contributed by atoms with Gasteiger partial charge in [0.05, 0.1) is 11.4 Å². The molecule has 0 aliphatic carbocycles. The van der Waals surface area contributed by atoms with Crippen molar-refractivity contribution in [1.82, 2.24) is 4.98 Å². The first-order valence-electron chi connectivity index (χ1n) is 5.18. The quantitative estimate of drug-likeness (QED) is 0.563. The summed E-state index contributed by atoms with van der Waals surface area (Å²) in [6.45, 7) is 0. The molecule has 0 saturated heterocycles. The smallest absolute Gasteiger partial charge is 0.265 e. The molecule has 0 aliphatic heterocycles. The van der Waals surface area contributed by atoms with E-state index in [9.17, 15) is 8.42 Å². The Morgan fingerprint density at radius 2 is 1.95 bits per heavy atom. The second-order valence-electron chi connectivity index (χ2n) is 3.78. The molecule has 0 fully saturated rings. The van der Waals surface area contributed by atoms with Gasteiger partial charge in [-0.15, -0.1) is 0 Å². The fourth-order valence-corrected chi connectivity index (χ4v) is 4.83. The summed E-state index contributed by atoms with van der Waals surface area (Å²) < 4.78 is 28.2. The molecule has 1 aromatic heterocycles. The summed E-state index contributed by atoms with van der Waals surface area (Å²) in [5, 5.41) is 0.188. The SMILES string of the molecule is Nc1cc(Br)cc(Br)c1S(=O)(=O)Nc1ccnc(Cl)c1. The van der Waals surface area contributed by atoms with Crippen LogP contribution < -0.4 is 10.5 Å². The van der Waals surface area contributed by atoms with E-state index < -0.39 is 10.0 Å². The van der Waals surface area contributed by atoms with Crippen molar-refractivity contribution in [2.24, 2.45) is 0 Å². The number of hydrogen-bond acceptors (Lipinski definition) is 4. The van der Waals surface area contributed by atoms with Gasteiger partial charge in [0.2, 0.25) is 0 Å². The van der Waals surface area contributed by atoms with E-state index in [0.717, 1.165) is 0 Å². The van der Waals surface area contributed by atoms with E-state index in [2.05, 4.69) is 41.6 Å². The van der Waals surface area contributed by atoms with Gasteiger partial charge in [-0.2, -0.15) is 0 Å². The minimum absolute atomic E-state index is 0.0337. The molecule has 1 heterocycles.